The summed E-state index contributed by atoms with van der Waals surface area (Å²) in [6, 6.07) is 0. The van der Waals surface area contributed by atoms with Crippen molar-refractivity contribution in [2.24, 2.45) is 5.92 Å². The van der Waals surface area contributed by atoms with Crippen LogP contribution in [-0.2, 0) is 4.74 Å². The summed E-state index contributed by atoms with van der Waals surface area (Å²) in [5.74, 6) is 0.900. The van der Waals surface area contributed by atoms with Crippen molar-refractivity contribution in [3.8, 4) is 0 Å². The molecular formula is C10H20O. The highest BCUT2D eigenvalue weighted by molar-refractivity contribution is 4.78. The minimum Gasteiger partial charge on any atom is -0.378 e. The molecule has 0 aromatic rings. The van der Waals surface area contributed by atoms with Crippen molar-refractivity contribution in [2.75, 3.05) is 6.61 Å². The Morgan fingerprint density at radius 1 is 1.36 bits per heavy atom. The van der Waals surface area contributed by atoms with Crippen LogP contribution in [0.4, 0.5) is 0 Å². The minimum atomic E-state index is 0.534. The Hall–Kier alpha value is -0.0400. The fourth-order valence-corrected chi connectivity index (χ4v) is 1.32. The molecule has 0 bridgehead atoms. The molecule has 1 aliphatic carbocycles. The molecule has 0 aromatic heterocycles. The molecule has 0 amide bonds. The Labute approximate surface area is 70.1 Å². The molecule has 66 valence electrons. The van der Waals surface area contributed by atoms with E-state index in [2.05, 4.69) is 13.8 Å². The normalized spacial score (nSPS) is 20.2. The van der Waals surface area contributed by atoms with Gasteiger partial charge < -0.3 is 4.74 Å². The fraction of sp³-hybridized carbons (Fsp3) is 1.00. The molecule has 11 heavy (non-hydrogen) atoms. The average Bonchev–Trinajstić information content (AvgIpc) is 2.79. The second-order valence-corrected chi connectivity index (χ2v) is 3.62. The van der Waals surface area contributed by atoms with Crippen molar-refractivity contribution >= 4 is 0 Å². The van der Waals surface area contributed by atoms with E-state index in [4.69, 9.17) is 4.74 Å². The molecule has 1 nitrogen and oxygen atoms in total. The fourth-order valence-electron chi connectivity index (χ4n) is 1.32. The minimum absolute atomic E-state index is 0.534. The molecule has 0 N–H and O–H groups in total. The first-order valence-electron chi connectivity index (χ1n) is 4.96. The lowest BCUT2D eigenvalue weighted by Crippen LogP contribution is -2.11. The van der Waals surface area contributed by atoms with Crippen molar-refractivity contribution in [1.29, 1.82) is 0 Å². The van der Waals surface area contributed by atoms with Gasteiger partial charge in [-0.1, -0.05) is 19.8 Å². The molecule has 0 aromatic carbocycles. The maximum atomic E-state index is 5.67. The van der Waals surface area contributed by atoms with Gasteiger partial charge in [0.1, 0.15) is 0 Å². The Bertz CT molecular complexity index is 97.0. The molecule has 1 atom stereocenters. The lowest BCUT2D eigenvalue weighted by Gasteiger charge is -2.10. The summed E-state index contributed by atoms with van der Waals surface area (Å²) >= 11 is 0. The van der Waals surface area contributed by atoms with Crippen molar-refractivity contribution < 1.29 is 4.74 Å². The van der Waals surface area contributed by atoms with Crippen LogP contribution in [-0.4, -0.2) is 12.7 Å². The highest BCUT2D eigenvalue weighted by atomic mass is 16.5. The van der Waals surface area contributed by atoms with Gasteiger partial charge >= 0.3 is 0 Å². The van der Waals surface area contributed by atoms with Crippen molar-refractivity contribution in [1.82, 2.24) is 0 Å². The monoisotopic (exact) mass is 156 g/mol. The quantitative estimate of drug-likeness (QED) is 0.537. The Kier molecular flexibility index (Phi) is 3.92. The van der Waals surface area contributed by atoms with E-state index in [1.54, 1.807) is 0 Å². The number of ether oxygens (including phenoxy) is 1. The Balaban J connectivity index is 1.85. The van der Waals surface area contributed by atoms with E-state index in [0.29, 0.717) is 6.10 Å². The first-order valence-corrected chi connectivity index (χ1v) is 4.96. The highest BCUT2D eigenvalue weighted by Crippen LogP contribution is 2.33. The van der Waals surface area contributed by atoms with E-state index in [9.17, 15) is 0 Å². The molecule has 0 spiro atoms. The van der Waals surface area contributed by atoms with Gasteiger partial charge in [0.15, 0.2) is 0 Å². The molecule has 1 heteroatoms. The molecule has 0 saturated heterocycles. The van der Waals surface area contributed by atoms with Crippen LogP contribution in [0.25, 0.3) is 0 Å². The van der Waals surface area contributed by atoms with Gasteiger partial charge in [0.2, 0.25) is 0 Å². The zero-order chi connectivity index (χ0) is 8.10. The summed E-state index contributed by atoms with van der Waals surface area (Å²) in [4.78, 5) is 0. The number of hydrogen-bond acceptors (Lipinski definition) is 1. The van der Waals surface area contributed by atoms with Gasteiger partial charge in [-0.05, 0) is 32.1 Å². The maximum Gasteiger partial charge on any atom is 0.0575 e. The molecule has 1 aliphatic rings. The van der Waals surface area contributed by atoms with E-state index >= 15 is 0 Å². The van der Waals surface area contributed by atoms with Crippen molar-refractivity contribution in [2.45, 2.75) is 52.1 Å². The van der Waals surface area contributed by atoms with Crippen LogP contribution in [0.2, 0.25) is 0 Å². The van der Waals surface area contributed by atoms with Gasteiger partial charge in [0.05, 0.1) is 6.10 Å². The molecule has 0 aliphatic heterocycles. The molecular weight excluding hydrogens is 136 g/mol. The van der Waals surface area contributed by atoms with E-state index in [0.717, 1.165) is 12.5 Å². The number of rotatable bonds is 6. The standard InChI is InChI=1S/C10H20O/c1-3-4-5-8-11-9(2)10-6-7-10/h9-10H,3-8H2,1-2H3. The number of unbranched alkanes of at least 4 members (excludes halogenated alkanes) is 2. The first kappa shape index (κ1) is 9.05. The van der Waals surface area contributed by atoms with Gasteiger partial charge in [-0.3, -0.25) is 0 Å². The van der Waals surface area contributed by atoms with Crippen molar-refractivity contribution in [3.05, 3.63) is 0 Å². The van der Waals surface area contributed by atoms with Gasteiger partial charge in [0, 0.05) is 6.61 Å². The third-order valence-corrected chi connectivity index (χ3v) is 2.41. The molecule has 1 fully saturated rings. The average molecular weight is 156 g/mol. The third kappa shape index (κ3) is 3.76. The summed E-state index contributed by atoms with van der Waals surface area (Å²) < 4.78 is 5.67. The van der Waals surface area contributed by atoms with Crippen LogP contribution in [0.3, 0.4) is 0 Å². The second-order valence-electron chi connectivity index (χ2n) is 3.62. The van der Waals surface area contributed by atoms with Gasteiger partial charge in [-0.15, -0.1) is 0 Å². The molecule has 1 rings (SSSR count). The zero-order valence-corrected chi connectivity index (χ0v) is 7.81. The van der Waals surface area contributed by atoms with Gasteiger partial charge in [-0.25, -0.2) is 0 Å². The first-order chi connectivity index (χ1) is 5.34. The summed E-state index contributed by atoms with van der Waals surface area (Å²) in [7, 11) is 0. The third-order valence-electron chi connectivity index (χ3n) is 2.41. The van der Waals surface area contributed by atoms with Crippen molar-refractivity contribution in [3.63, 3.8) is 0 Å². The predicted molar refractivity (Wildman–Crippen MR) is 47.7 cm³/mol. The van der Waals surface area contributed by atoms with Gasteiger partial charge in [0.25, 0.3) is 0 Å². The molecule has 0 heterocycles. The van der Waals surface area contributed by atoms with Crippen LogP contribution in [0.15, 0.2) is 0 Å². The van der Waals surface area contributed by atoms with Crippen LogP contribution in [0.1, 0.15) is 46.0 Å². The van der Waals surface area contributed by atoms with E-state index in [-0.39, 0.29) is 0 Å². The summed E-state index contributed by atoms with van der Waals surface area (Å²) in [6.07, 6.45) is 7.18. The van der Waals surface area contributed by atoms with Crippen LogP contribution in [0, 0.1) is 5.92 Å². The molecule has 1 saturated carbocycles. The zero-order valence-electron chi connectivity index (χ0n) is 7.81. The lowest BCUT2D eigenvalue weighted by atomic mass is 10.2. The maximum absolute atomic E-state index is 5.67. The smallest absolute Gasteiger partial charge is 0.0575 e. The highest BCUT2D eigenvalue weighted by Gasteiger charge is 2.28. The van der Waals surface area contributed by atoms with E-state index in [1.165, 1.54) is 32.1 Å². The molecule has 1 unspecified atom stereocenters. The SMILES string of the molecule is CCCCCOC(C)C1CC1. The second kappa shape index (κ2) is 4.76. The topological polar surface area (TPSA) is 9.23 Å². The lowest BCUT2D eigenvalue weighted by molar-refractivity contribution is 0.0488. The molecule has 0 radical (unpaired) electrons. The Morgan fingerprint density at radius 3 is 2.64 bits per heavy atom. The summed E-state index contributed by atoms with van der Waals surface area (Å²) in [5.41, 5.74) is 0. The largest absolute Gasteiger partial charge is 0.378 e. The summed E-state index contributed by atoms with van der Waals surface area (Å²) in [5, 5.41) is 0. The summed E-state index contributed by atoms with van der Waals surface area (Å²) in [6.45, 7) is 5.42. The Morgan fingerprint density at radius 2 is 2.09 bits per heavy atom. The predicted octanol–water partition coefficient (Wildman–Crippen LogP) is 2.99. The van der Waals surface area contributed by atoms with Gasteiger partial charge in [-0.2, -0.15) is 0 Å². The van der Waals surface area contributed by atoms with E-state index in [1.807, 2.05) is 0 Å². The van der Waals surface area contributed by atoms with Crippen LogP contribution >= 0.6 is 0 Å². The van der Waals surface area contributed by atoms with Crippen LogP contribution in [0.5, 0.6) is 0 Å². The number of hydrogen-bond donors (Lipinski definition) is 0. The van der Waals surface area contributed by atoms with Crippen LogP contribution < -0.4 is 0 Å². The van der Waals surface area contributed by atoms with E-state index < -0.39 is 0 Å².